The molecule has 0 N–H and O–H groups in total. The summed E-state index contributed by atoms with van der Waals surface area (Å²) in [5, 5.41) is 0.122. The van der Waals surface area contributed by atoms with Crippen molar-refractivity contribution in [2.45, 2.75) is 11.0 Å². The van der Waals surface area contributed by atoms with Crippen LogP contribution in [0.4, 0.5) is 13.2 Å². The van der Waals surface area contributed by atoms with E-state index in [1.807, 2.05) is 0 Å². The van der Waals surface area contributed by atoms with Gasteiger partial charge in [0.15, 0.2) is 0 Å². The fraction of sp³-hybridized carbons (Fsp3) is 0.222. The highest BCUT2D eigenvalue weighted by molar-refractivity contribution is 9.09. The third kappa shape index (κ3) is 2.95. The van der Waals surface area contributed by atoms with Crippen LogP contribution >= 0.6 is 27.5 Å². The molecule has 82 valence electrons. The van der Waals surface area contributed by atoms with E-state index in [1.54, 1.807) is 0 Å². The van der Waals surface area contributed by atoms with Gasteiger partial charge in [-0.2, -0.15) is 13.2 Å². The second-order valence-corrected chi connectivity index (χ2v) is 4.17. The molecule has 15 heavy (non-hydrogen) atoms. The second-order valence-electron chi connectivity index (χ2n) is 2.77. The number of hydrogen-bond donors (Lipinski definition) is 0. The van der Waals surface area contributed by atoms with Gasteiger partial charge in [-0.25, -0.2) is 0 Å². The molecule has 1 aromatic rings. The van der Waals surface area contributed by atoms with Crippen LogP contribution in [0.3, 0.4) is 0 Å². The number of rotatable bonds is 2. The van der Waals surface area contributed by atoms with E-state index in [-0.39, 0.29) is 10.6 Å². The first-order valence-electron chi connectivity index (χ1n) is 3.82. The lowest BCUT2D eigenvalue weighted by Crippen LogP contribution is -2.06. The van der Waals surface area contributed by atoms with Gasteiger partial charge in [-0.05, 0) is 23.8 Å². The van der Waals surface area contributed by atoms with Crippen molar-refractivity contribution in [3.05, 3.63) is 34.3 Å². The van der Waals surface area contributed by atoms with Crippen LogP contribution in [-0.4, -0.2) is 6.29 Å². The van der Waals surface area contributed by atoms with Gasteiger partial charge >= 0.3 is 6.18 Å². The first-order chi connectivity index (χ1) is 6.86. The molecule has 1 atom stereocenters. The summed E-state index contributed by atoms with van der Waals surface area (Å²) in [5.41, 5.74) is -0.713. The Bertz CT molecular complexity index is 378. The summed E-state index contributed by atoms with van der Waals surface area (Å²) in [4.78, 5) is 9.61. The molecule has 0 saturated carbocycles. The Labute approximate surface area is 97.4 Å². The number of benzene rings is 1. The second kappa shape index (κ2) is 4.53. The first kappa shape index (κ1) is 12.5. The highest BCUT2D eigenvalue weighted by atomic mass is 79.9. The smallest absolute Gasteiger partial charge is 0.302 e. The van der Waals surface area contributed by atoms with Gasteiger partial charge in [0.05, 0.1) is 10.4 Å². The van der Waals surface area contributed by atoms with Crippen LogP contribution in [-0.2, 0) is 11.0 Å². The molecule has 0 aliphatic carbocycles. The third-order valence-corrected chi connectivity index (χ3v) is 2.79. The van der Waals surface area contributed by atoms with Crippen LogP contribution < -0.4 is 0 Å². The molecule has 0 aromatic heterocycles. The van der Waals surface area contributed by atoms with Crippen molar-refractivity contribution in [1.82, 2.24) is 0 Å². The van der Waals surface area contributed by atoms with Crippen LogP contribution in [0.1, 0.15) is 16.0 Å². The zero-order chi connectivity index (χ0) is 11.6. The molecule has 1 rings (SSSR count). The molecule has 0 amide bonds. The van der Waals surface area contributed by atoms with Crippen molar-refractivity contribution in [3.8, 4) is 0 Å². The highest BCUT2D eigenvalue weighted by Gasteiger charge is 2.31. The van der Waals surface area contributed by atoms with Crippen molar-refractivity contribution in [3.63, 3.8) is 0 Å². The molecule has 1 aromatic carbocycles. The molecule has 0 aliphatic rings. The Hall–Kier alpha value is -0.550. The van der Waals surface area contributed by atoms with Gasteiger partial charge in [0, 0.05) is 5.02 Å². The minimum absolute atomic E-state index is 0.112. The van der Waals surface area contributed by atoms with Crippen molar-refractivity contribution < 1.29 is 18.0 Å². The summed E-state index contributed by atoms with van der Waals surface area (Å²) in [5.74, 6) is 0. The van der Waals surface area contributed by atoms with Gasteiger partial charge in [0.2, 0.25) is 0 Å². The Balaban J connectivity index is 3.22. The van der Waals surface area contributed by atoms with Gasteiger partial charge in [-0.3, -0.25) is 0 Å². The molecule has 0 heterocycles. The molecule has 0 aliphatic heterocycles. The number of carbonyl (C=O) groups is 1. The minimum atomic E-state index is -4.44. The quantitative estimate of drug-likeness (QED) is 0.596. The molecular weight excluding hydrogens is 296 g/mol. The van der Waals surface area contributed by atoms with E-state index in [0.29, 0.717) is 6.29 Å². The summed E-state index contributed by atoms with van der Waals surface area (Å²) >= 11 is 8.58. The van der Waals surface area contributed by atoms with E-state index in [0.717, 1.165) is 18.2 Å². The summed E-state index contributed by atoms with van der Waals surface area (Å²) < 4.78 is 37.0. The topological polar surface area (TPSA) is 17.1 Å². The average molecular weight is 301 g/mol. The number of alkyl halides is 4. The highest BCUT2D eigenvalue weighted by Crippen LogP contribution is 2.35. The van der Waals surface area contributed by atoms with Crippen molar-refractivity contribution in [1.29, 1.82) is 0 Å². The van der Waals surface area contributed by atoms with E-state index in [1.165, 1.54) is 0 Å². The zero-order valence-electron chi connectivity index (χ0n) is 7.18. The SMILES string of the molecule is O=CC(Br)c1cc(C(F)(F)F)ccc1Cl. The third-order valence-electron chi connectivity index (χ3n) is 1.74. The van der Waals surface area contributed by atoms with Gasteiger partial charge in [-0.1, -0.05) is 27.5 Å². The molecule has 0 spiro atoms. The summed E-state index contributed by atoms with van der Waals surface area (Å²) in [6.07, 6.45) is -3.96. The molecule has 0 fully saturated rings. The van der Waals surface area contributed by atoms with Gasteiger partial charge < -0.3 is 4.79 Å². The van der Waals surface area contributed by atoms with E-state index in [9.17, 15) is 18.0 Å². The van der Waals surface area contributed by atoms with E-state index in [2.05, 4.69) is 15.9 Å². The summed E-state index contributed by atoms with van der Waals surface area (Å²) in [6.45, 7) is 0. The lowest BCUT2D eigenvalue weighted by molar-refractivity contribution is -0.137. The number of carbonyl (C=O) groups excluding carboxylic acids is 1. The lowest BCUT2D eigenvalue weighted by Gasteiger charge is -2.11. The number of aldehydes is 1. The minimum Gasteiger partial charge on any atom is -0.302 e. The Kier molecular flexibility index (Phi) is 3.78. The standard InChI is InChI=1S/C9H5BrClF3O/c10-7(4-15)6-3-5(9(12,13)14)1-2-8(6)11/h1-4,7H. The van der Waals surface area contributed by atoms with E-state index in [4.69, 9.17) is 11.6 Å². The van der Waals surface area contributed by atoms with Gasteiger partial charge in [0.25, 0.3) is 0 Å². The predicted molar refractivity (Wildman–Crippen MR) is 54.2 cm³/mol. The molecule has 1 nitrogen and oxygen atoms in total. The maximum Gasteiger partial charge on any atom is 0.416 e. The molecule has 0 bridgehead atoms. The van der Waals surface area contributed by atoms with Gasteiger partial charge in [-0.15, -0.1) is 0 Å². The first-order valence-corrected chi connectivity index (χ1v) is 5.11. The Morgan fingerprint density at radius 1 is 1.40 bits per heavy atom. The Morgan fingerprint density at radius 2 is 2.00 bits per heavy atom. The van der Waals surface area contributed by atoms with Crippen LogP contribution in [0.2, 0.25) is 5.02 Å². The van der Waals surface area contributed by atoms with Crippen molar-refractivity contribution in [2.24, 2.45) is 0 Å². The van der Waals surface area contributed by atoms with Crippen LogP contribution in [0.5, 0.6) is 0 Å². The molecular formula is C9H5BrClF3O. The molecule has 0 radical (unpaired) electrons. The fourth-order valence-corrected chi connectivity index (χ4v) is 1.75. The maximum absolute atomic E-state index is 12.3. The normalized spacial score (nSPS) is 13.7. The predicted octanol–water partition coefficient (Wildman–Crippen LogP) is 3.99. The van der Waals surface area contributed by atoms with Gasteiger partial charge in [0.1, 0.15) is 6.29 Å². The van der Waals surface area contributed by atoms with Crippen molar-refractivity contribution >= 4 is 33.8 Å². The van der Waals surface area contributed by atoms with E-state index < -0.39 is 16.6 Å². The lowest BCUT2D eigenvalue weighted by atomic mass is 10.1. The van der Waals surface area contributed by atoms with Crippen LogP contribution in [0.25, 0.3) is 0 Å². The fourth-order valence-electron chi connectivity index (χ4n) is 1.00. The van der Waals surface area contributed by atoms with Crippen LogP contribution in [0, 0.1) is 0 Å². The molecule has 0 saturated heterocycles. The molecule has 1 unspecified atom stereocenters. The maximum atomic E-state index is 12.3. The van der Waals surface area contributed by atoms with Crippen LogP contribution in [0.15, 0.2) is 18.2 Å². The van der Waals surface area contributed by atoms with Crippen molar-refractivity contribution in [2.75, 3.05) is 0 Å². The van der Waals surface area contributed by atoms with E-state index >= 15 is 0 Å². The zero-order valence-corrected chi connectivity index (χ0v) is 9.53. The summed E-state index contributed by atoms with van der Waals surface area (Å²) in [6, 6.07) is 2.85. The molecule has 6 heteroatoms. The Morgan fingerprint density at radius 3 is 2.47 bits per heavy atom. The number of halogens is 5. The largest absolute Gasteiger partial charge is 0.416 e. The summed E-state index contributed by atoms with van der Waals surface area (Å²) in [7, 11) is 0. The monoisotopic (exact) mass is 300 g/mol. The number of hydrogen-bond acceptors (Lipinski definition) is 1. The average Bonchev–Trinajstić information content (AvgIpc) is 2.15.